The molecule has 0 aliphatic rings. The normalized spacial score (nSPS) is 14.0. The lowest BCUT2D eigenvalue weighted by molar-refractivity contribution is -0.190. The lowest BCUT2D eigenvalue weighted by atomic mass is 10.2. The second kappa shape index (κ2) is 7.21. The Labute approximate surface area is 126 Å². The monoisotopic (exact) mass is 370 g/mol. The molecule has 0 amide bonds. The fraction of sp³-hybridized carbons (Fsp3) is 0.600. The topological polar surface area (TPSA) is 107 Å². The molecule has 134 valence electrons. The molecule has 1 atom stereocenters. The SMILES string of the molecule is C=C(C)C(=O)OCC(CC(F)(F)F)OC(=O)C(F)(F)S(=O)(=O)O. The zero-order chi connectivity index (χ0) is 18.6. The van der Waals surface area contributed by atoms with Gasteiger partial charge in [-0.3, -0.25) is 4.55 Å². The molecule has 0 aromatic carbocycles. The Hall–Kier alpha value is -1.76. The summed E-state index contributed by atoms with van der Waals surface area (Å²) in [6, 6.07) is 0. The van der Waals surface area contributed by atoms with Crippen molar-refractivity contribution in [2.75, 3.05) is 6.61 Å². The minimum absolute atomic E-state index is 0.231. The average Bonchev–Trinajstić information content (AvgIpc) is 2.31. The van der Waals surface area contributed by atoms with Crippen LogP contribution in [0.2, 0.25) is 0 Å². The van der Waals surface area contributed by atoms with E-state index in [4.69, 9.17) is 4.55 Å². The van der Waals surface area contributed by atoms with Crippen molar-refractivity contribution < 1.29 is 54.0 Å². The molecule has 1 unspecified atom stereocenters. The summed E-state index contributed by atoms with van der Waals surface area (Å²) in [5.74, 6) is -4.13. The summed E-state index contributed by atoms with van der Waals surface area (Å²) in [6.07, 6.45) is -9.45. The second-order valence-electron chi connectivity index (χ2n) is 4.22. The molecule has 0 rings (SSSR count). The Balaban J connectivity index is 5.13. The predicted octanol–water partition coefficient (Wildman–Crippen LogP) is 1.45. The van der Waals surface area contributed by atoms with E-state index >= 15 is 0 Å². The van der Waals surface area contributed by atoms with E-state index < -0.39 is 52.6 Å². The van der Waals surface area contributed by atoms with Crippen molar-refractivity contribution in [3.8, 4) is 0 Å². The first kappa shape index (κ1) is 21.2. The number of carbonyl (C=O) groups is 2. The minimum Gasteiger partial charge on any atom is -0.458 e. The quantitative estimate of drug-likeness (QED) is 0.313. The Morgan fingerprint density at radius 2 is 1.70 bits per heavy atom. The van der Waals surface area contributed by atoms with Crippen LogP contribution < -0.4 is 0 Å². The van der Waals surface area contributed by atoms with Gasteiger partial charge in [0.15, 0.2) is 0 Å². The number of halogens is 5. The highest BCUT2D eigenvalue weighted by molar-refractivity contribution is 7.87. The highest BCUT2D eigenvalue weighted by atomic mass is 32.2. The largest absolute Gasteiger partial charge is 0.465 e. The van der Waals surface area contributed by atoms with Crippen LogP contribution in [0, 0.1) is 0 Å². The van der Waals surface area contributed by atoms with Gasteiger partial charge in [0.05, 0.1) is 6.42 Å². The van der Waals surface area contributed by atoms with E-state index in [1.54, 1.807) is 0 Å². The van der Waals surface area contributed by atoms with Crippen LogP contribution in [0.15, 0.2) is 12.2 Å². The standard InChI is InChI=1S/C10H11F5O7S/c1-5(2)7(16)21-4-6(3-9(11,12)13)22-8(17)10(14,15)23(18,19)20/h6H,1,3-4H2,2H3,(H,18,19,20). The summed E-state index contributed by atoms with van der Waals surface area (Å²) in [5, 5.41) is -5.48. The van der Waals surface area contributed by atoms with Gasteiger partial charge in [0.2, 0.25) is 0 Å². The first-order chi connectivity index (χ1) is 10.1. The van der Waals surface area contributed by atoms with Gasteiger partial charge in [0.25, 0.3) is 0 Å². The van der Waals surface area contributed by atoms with Crippen LogP contribution in [0.5, 0.6) is 0 Å². The van der Waals surface area contributed by atoms with Crippen LogP contribution in [-0.4, -0.2) is 49.1 Å². The van der Waals surface area contributed by atoms with Crippen LogP contribution in [-0.2, 0) is 29.2 Å². The van der Waals surface area contributed by atoms with E-state index in [1.807, 2.05) is 0 Å². The molecule has 1 N–H and O–H groups in total. The Kier molecular flexibility index (Phi) is 6.66. The van der Waals surface area contributed by atoms with E-state index in [-0.39, 0.29) is 5.57 Å². The van der Waals surface area contributed by atoms with E-state index in [0.717, 1.165) is 6.92 Å². The van der Waals surface area contributed by atoms with Gasteiger partial charge >= 0.3 is 33.5 Å². The highest BCUT2D eigenvalue weighted by Crippen LogP contribution is 2.27. The molecule has 13 heteroatoms. The van der Waals surface area contributed by atoms with Crippen molar-refractivity contribution >= 4 is 22.1 Å². The first-order valence-corrected chi connectivity index (χ1v) is 6.97. The number of hydrogen-bond acceptors (Lipinski definition) is 6. The first-order valence-electron chi connectivity index (χ1n) is 5.53. The molecule has 23 heavy (non-hydrogen) atoms. The Morgan fingerprint density at radius 3 is 2.04 bits per heavy atom. The molecule has 0 aromatic rings. The molecule has 0 aromatic heterocycles. The lowest BCUT2D eigenvalue weighted by Gasteiger charge is -2.21. The van der Waals surface area contributed by atoms with Crippen LogP contribution in [0.4, 0.5) is 22.0 Å². The van der Waals surface area contributed by atoms with Gasteiger partial charge in [-0.2, -0.15) is 30.4 Å². The number of hydrogen-bond donors (Lipinski definition) is 1. The fourth-order valence-corrected chi connectivity index (χ4v) is 1.27. The Bertz CT molecular complexity index is 581. The molecule has 0 saturated heterocycles. The van der Waals surface area contributed by atoms with Gasteiger partial charge in [-0.15, -0.1) is 0 Å². The molecule has 0 aliphatic carbocycles. The number of alkyl halides is 5. The van der Waals surface area contributed by atoms with Crippen LogP contribution in [0.25, 0.3) is 0 Å². The van der Waals surface area contributed by atoms with E-state index in [0.29, 0.717) is 0 Å². The van der Waals surface area contributed by atoms with Crippen LogP contribution in [0.1, 0.15) is 13.3 Å². The molecule has 0 heterocycles. The van der Waals surface area contributed by atoms with Crippen molar-refractivity contribution in [1.29, 1.82) is 0 Å². The van der Waals surface area contributed by atoms with Gasteiger partial charge in [-0.1, -0.05) is 6.58 Å². The maximum Gasteiger partial charge on any atom is 0.465 e. The lowest BCUT2D eigenvalue weighted by Crippen LogP contribution is -2.42. The second-order valence-corrected chi connectivity index (χ2v) is 5.68. The average molecular weight is 370 g/mol. The van der Waals surface area contributed by atoms with Crippen molar-refractivity contribution in [2.45, 2.75) is 30.9 Å². The van der Waals surface area contributed by atoms with Gasteiger partial charge in [-0.25, -0.2) is 9.59 Å². The summed E-state index contributed by atoms with van der Waals surface area (Å²) >= 11 is 0. The number of carbonyl (C=O) groups excluding carboxylic acids is 2. The molecular formula is C10H11F5O7S. The molecule has 0 spiro atoms. The molecule has 0 saturated carbocycles. The maximum atomic E-state index is 12.9. The van der Waals surface area contributed by atoms with Gasteiger partial charge in [0, 0.05) is 5.57 Å². The molecule has 0 aliphatic heterocycles. The number of ether oxygens (including phenoxy) is 2. The fourth-order valence-electron chi connectivity index (χ4n) is 1.01. The molecule has 0 radical (unpaired) electrons. The summed E-state index contributed by atoms with van der Waals surface area (Å²) in [5.41, 5.74) is -0.231. The highest BCUT2D eigenvalue weighted by Gasteiger charge is 2.55. The van der Waals surface area contributed by atoms with Crippen molar-refractivity contribution in [2.24, 2.45) is 0 Å². The van der Waals surface area contributed by atoms with E-state index in [2.05, 4.69) is 16.1 Å². The van der Waals surface area contributed by atoms with Gasteiger partial charge in [-0.05, 0) is 6.92 Å². The van der Waals surface area contributed by atoms with Gasteiger partial charge < -0.3 is 9.47 Å². The van der Waals surface area contributed by atoms with Crippen molar-refractivity contribution in [3.63, 3.8) is 0 Å². The zero-order valence-electron chi connectivity index (χ0n) is 11.4. The van der Waals surface area contributed by atoms with Crippen molar-refractivity contribution in [1.82, 2.24) is 0 Å². The van der Waals surface area contributed by atoms with E-state index in [1.165, 1.54) is 0 Å². The molecule has 7 nitrogen and oxygen atoms in total. The molecule has 0 fully saturated rings. The summed E-state index contributed by atoms with van der Waals surface area (Å²) < 4.78 is 99.3. The zero-order valence-corrected chi connectivity index (χ0v) is 12.2. The molecule has 0 bridgehead atoms. The van der Waals surface area contributed by atoms with Crippen molar-refractivity contribution in [3.05, 3.63) is 12.2 Å². The third kappa shape index (κ3) is 6.90. The summed E-state index contributed by atoms with van der Waals surface area (Å²) in [6.45, 7) is 2.96. The maximum absolute atomic E-state index is 12.9. The minimum atomic E-state index is -6.25. The third-order valence-electron chi connectivity index (χ3n) is 2.04. The summed E-state index contributed by atoms with van der Waals surface area (Å²) in [4.78, 5) is 22.0. The Morgan fingerprint density at radius 1 is 1.22 bits per heavy atom. The third-order valence-corrected chi connectivity index (χ3v) is 2.86. The van der Waals surface area contributed by atoms with Crippen LogP contribution in [0.3, 0.4) is 0 Å². The smallest absolute Gasteiger partial charge is 0.458 e. The van der Waals surface area contributed by atoms with Gasteiger partial charge in [0.1, 0.15) is 12.7 Å². The number of esters is 2. The molecular weight excluding hydrogens is 359 g/mol. The number of rotatable bonds is 7. The predicted molar refractivity (Wildman–Crippen MR) is 62.8 cm³/mol. The van der Waals surface area contributed by atoms with Crippen LogP contribution >= 0.6 is 0 Å². The summed E-state index contributed by atoms with van der Waals surface area (Å²) in [7, 11) is -6.25. The van der Waals surface area contributed by atoms with E-state index in [9.17, 15) is 40.0 Å².